The highest BCUT2D eigenvalue weighted by molar-refractivity contribution is 14.0. The molecule has 2 N–H and O–H groups in total. The third kappa shape index (κ3) is 7.70. The fraction of sp³-hybridized carbons (Fsp3) is 0.650. The quantitative estimate of drug-likeness (QED) is 0.234. The van der Waals surface area contributed by atoms with Crippen molar-refractivity contribution in [2.24, 2.45) is 10.4 Å². The third-order valence-corrected chi connectivity index (χ3v) is 4.85. The Kier molecular flexibility index (Phi) is 11.0. The Morgan fingerprint density at radius 3 is 2.46 bits per heavy atom. The fourth-order valence-corrected chi connectivity index (χ4v) is 3.04. The van der Waals surface area contributed by atoms with Crippen molar-refractivity contribution >= 4 is 29.9 Å². The molecule has 1 saturated carbocycles. The molecule has 0 amide bonds. The SMILES string of the molecule is CCNC(=NCC1(CCOC)CCC1)NCCOc1ccc(C)cc1.I. The molecule has 0 heterocycles. The van der Waals surface area contributed by atoms with E-state index in [1.807, 2.05) is 12.1 Å². The average Bonchev–Trinajstić information content (AvgIpc) is 2.58. The Labute approximate surface area is 175 Å². The minimum Gasteiger partial charge on any atom is -0.492 e. The van der Waals surface area contributed by atoms with Gasteiger partial charge in [-0.25, -0.2) is 0 Å². The number of guanidine groups is 1. The van der Waals surface area contributed by atoms with E-state index in [2.05, 4.69) is 36.6 Å². The van der Waals surface area contributed by atoms with Crippen LogP contribution in [-0.4, -0.2) is 45.9 Å². The number of hydrogen-bond donors (Lipinski definition) is 2. The van der Waals surface area contributed by atoms with E-state index in [1.165, 1.54) is 24.8 Å². The molecule has 0 unspecified atom stereocenters. The van der Waals surface area contributed by atoms with Crippen LogP contribution in [0.5, 0.6) is 5.75 Å². The van der Waals surface area contributed by atoms with Crippen LogP contribution in [0.2, 0.25) is 0 Å². The van der Waals surface area contributed by atoms with Gasteiger partial charge in [0.1, 0.15) is 12.4 Å². The number of aryl methyl sites for hydroxylation is 1. The zero-order chi connectivity index (χ0) is 18.0. The van der Waals surface area contributed by atoms with E-state index < -0.39 is 0 Å². The number of halogens is 1. The molecule has 6 heteroatoms. The number of nitrogens with zero attached hydrogens (tertiary/aromatic N) is 1. The van der Waals surface area contributed by atoms with E-state index >= 15 is 0 Å². The Morgan fingerprint density at radius 2 is 1.88 bits per heavy atom. The first-order valence-corrected chi connectivity index (χ1v) is 9.38. The van der Waals surface area contributed by atoms with Crippen LogP contribution >= 0.6 is 24.0 Å². The predicted molar refractivity (Wildman–Crippen MR) is 119 cm³/mol. The maximum Gasteiger partial charge on any atom is 0.191 e. The van der Waals surface area contributed by atoms with E-state index in [1.54, 1.807) is 7.11 Å². The molecule has 1 aromatic rings. The molecule has 148 valence electrons. The highest BCUT2D eigenvalue weighted by Gasteiger charge is 2.36. The highest BCUT2D eigenvalue weighted by atomic mass is 127. The molecule has 26 heavy (non-hydrogen) atoms. The van der Waals surface area contributed by atoms with Gasteiger partial charge < -0.3 is 20.1 Å². The van der Waals surface area contributed by atoms with Gasteiger partial charge in [-0.2, -0.15) is 0 Å². The van der Waals surface area contributed by atoms with E-state index in [9.17, 15) is 0 Å². The maximum atomic E-state index is 5.76. The second kappa shape index (κ2) is 12.4. The van der Waals surface area contributed by atoms with E-state index in [4.69, 9.17) is 14.5 Å². The van der Waals surface area contributed by atoms with Crippen LogP contribution in [0.1, 0.15) is 38.2 Å². The summed E-state index contributed by atoms with van der Waals surface area (Å²) in [5, 5.41) is 6.68. The molecule has 2 rings (SSSR count). The summed E-state index contributed by atoms with van der Waals surface area (Å²) in [6.45, 7) is 8.05. The van der Waals surface area contributed by atoms with Gasteiger partial charge in [-0.05, 0) is 50.7 Å². The van der Waals surface area contributed by atoms with Crippen molar-refractivity contribution in [3.8, 4) is 5.75 Å². The number of benzene rings is 1. The summed E-state index contributed by atoms with van der Waals surface area (Å²) in [4.78, 5) is 4.80. The lowest BCUT2D eigenvalue weighted by atomic mass is 9.67. The Bertz CT molecular complexity index is 530. The maximum absolute atomic E-state index is 5.76. The van der Waals surface area contributed by atoms with Crippen LogP contribution in [0, 0.1) is 12.3 Å². The van der Waals surface area contributed by atoms with Gasteiger partial charge in [0.15, 0.2) is 5.96 Å². The van der Waals surface area contributed by atoms with Gasteiger partial charge >= 0.3 is 0 Å². The molecule has 1 aliphatic rings. The van der Waals surface area contributed by atoms with Crippen LogP contribution in [0.3, 0.4) is 0 Å². The molecule has 5 nitrogen and oxygen atoms in total. The lowest BCUT2D eigenvalue weighted by Gasteiger charge is -2.40. The molecule has 1 aromatic carbocycles. The van der Waals surface area contributed by atoms with E-state index in [0.29, 0.717) is 12.0 Å². The summed E-state index contributed by atoms with van der Waals surface area (Å²) < 4.78 is 11.0. The average molecular weight is 475 g/mol. The monoisotopic (exact) mass is 475 g/mol. The van der Waals surface area contributed by atoms with E-state index in [0.717, 1.165) is 44.4 Å². The summed E-state index contributed by atoms with van der Waals surface area (Å²) >= 11 is 0. The summed E-state index contributed by atoms with van der Waals surface area (Å²) in [6, 6.07) is 8.13. The third-order valence-electron chi connectivity index (χ3n) is 4.85. The summed E-state index contributed by atoms with van der Waals surface area (Å²) in [5.74, 6) is 1.78. The van der Waals surface area contributed by atoms with Crippen molar-refractivity contribution in [3.63, 3.8) is 0 Å². The van der Waals surface area contributed by atoms with Crippen LogP contribution in [-0.2, 0) is 4.74 Å². The topological polar surface area (TPSA) is 54.9 Å². The molecule has 0 aliphatic heterocycles. The lowest BCUT2D eigenvalue weighted by Crippen LogP contribution is -2.41. The Hall–Kier alpha value is -1.02. The normalized spacial score (nSPS) is 15.6. The van der Waals surface area contributed by atoms with Gasteiger partial charge in [-0.3, -0.25) is 4.99 Å². The second-order valence-corrected chi connectivity index (χ2v) is 6.88. The zero-order valence-corrected chi connectivity index (χ0v) is 18.7. The van der Waals surface area contributed by atoms with Crippen molar-refractivity contribution in [2.45, 2.75) is 39.5 Å². The first-order chi connectivity index (χ1) is 12.2. The van der Waals surface area contributed by atoms with Crippen molar-refractivity contribution in [2.75, 3.05) is 40.0 Å². The summed E-state index contributed by atoms with van der Waals surface area (Å²) in [7, 11) is 1.77. The predicted octanol–water partition coefficient (Wildman–Crippen LogP) is 3.75. The molecule has 0 spiro atoms. The van der Waals surface area contributed by atoms with Gasteiger partial charge in [0.2, 0.25) is 0 Å². The van der Waals surface area contributed by atoms with Crippen molar-refractivity contribution < 1.29 is 9.47 Å². The summed E-state index contributed by atoms with van der Waals surface area (Å²) in [5.41, 5.74) is 1.59. The summed E-state index contributed by atoms with van der Waals surface area (Å²) in [6.07, 6.45) is 4.93. The van der Waals surface area contributed by atoms with Crippen molar-refractivity contribution in [3.05, 3.63) is 29.8 Å². The van der Waals surface area contributed by atoms with Crippen LogP contribution in [0.4, 0.5) is 0 Å². The largest absolute Gasteiger partial charge is 0.492 e. The smallest absolute Gasteiger partial charge is 0.191 e. The molecule has 0 radical (unpaired) electrons. The molecule has 0 saturated heterocycles. The molecular formula is C20H34IN3O2. The molecule has 1 aliphatic carbocycles. The lowest BCUT2D eigenvalue weighted by molar-refractivity contribution is 0.0778. The number of nitrogens with one attached hydrogen (secondary N) is 2. The zero-order valence-electron chi connectivity index (χ0n) is 16.3. The van der Waals surface area contributed by atoms with Crippen LogP contribution in [0.25, 0.3) is 0 Å². The van der Waals surface area contributed by atoms with Gasteiger partial charge in [-0.1, -0.05) is 24.1 Å². The number of ether oxygens (including phenoxy) is 2. The Morgan fingerprint density at radius 1 is 1.15 bits per heavy atom. The minimum atomic E-state index is 0. The molecule has 1 fully saturated rings. The van der Waals surface area contributed by atoms with Gasteiger partial charge in [-0.15, -0.1) is 24.0 Å². The number of methoxy groups -OCH3 is 1. The van der Waals surface area contributed by atoms with Crippen LogP contribution < -0.4 is 15.4 Å². The molecule has 0 atom stereocenters. The van der Waals surface area contributed by atoms with Crippen molar-refractivity contribution in [1.29, 1.82) is 0 Å². The second-order valence-electron chi connectivity index (χ2n) is 6.88. The number of rotatable bonds is 10. The standard InChI is InChI=1S/C20H33N3O2.HI/c1-4-21-19(23-16-20(10-5-11-20)12-14-24-3)22-13-15-25-18-8-6-17(2)7-9-18;/h6-9H,4-5,10-16H2,1-3H3,(H2,21,22,23);1H. The van der Waals surface area contributed by atoms with Gasteiger partial charge in [0.25, 0.3) is 0 Å². The first-order valence-electron chi connectivity index (χ1n) is 9.38. The molecule has 0 bridgehead atoms. The van der Waals surface area contributed by atoms with Gasteiger partial charge in [0, 0.05) is 26.8 Å². The van der Waals surface area contributed by atoms with Gasteiger partial charge in [0.05, 0.1) is 6.54 Å². The molecule has 0 aromatic heterocycles. The Balaban J connectivity index is 0.00000338. The fourth-order valence-electron chi connectivity index (χ4n) is 3.04. The first kappa shape index (κ1) is 23.0. The minimum absolute atomic E-state index is 0. The molecular weight excluding hydrogens is 441 g/mol. The van der Waals surface area contributed by atoms with Crippen LogP contribution in [0.15, 0.2) is 29.3 Å². The highest BCUT2D eigenvalue weighted by Crippen LogP contribution is 2.44. The van der Waals surface area contributed by atoms with E-state index in [-0.39, 0.29) is 24.0 Å². The van der Waals surface area contributed by atoms with Crippen molar-refractivity contribution in [1.82, 2.24) is 10.6 Å². The number of hydrogen-bond acceptors (Lipinski definition) is 3. The number of aliphatic imine (C=N–C) groups is 1.